The van der Waals surface area contributed by atoms with E-state index >= 15 is 0 Å². The summed E-state index contributed by atoms with van der Waals surface area (Å²) in [6.07, 6.45) is 8.22. The van der Waals surface area contributed by atoms with E-state index in [9.17, 15) is 19.8 Å². The zero-order valence-corrected chi connectivity index (χ0v) is 32.9. The van der Waals surface area contributed by atoms with Crippen molar-refractivity contribution in [3.8, 4) is 11.5 Å². The summed E-state index contributed by atoms with van der Waals surface area (Å²) in [5.74, 6) is 0.132. The maximum atomic E-state index is 11.4. The van der Waals surface area contributed by atoms with E-state index in [-0.39, 0.29) is 22.8 Å². The van der Waals surface area contributed by atoms with Gasteiger partial charge in [-0.25, -0.2) is 4.79 Å². The third kappa shape index (κ3) is 9.33. The number of rotatable bonds is 13. The van der Waals surface area contributed by atoms with Crippen LogP contribution in [-0.2, 0) is 36.3 Å². The molecule has 0 saturated heterocycles. The number of esters is 2. The van der Waals surface area contributed by atoms with Gasteiger partial charge >= 0.3 is 11.9 Å². The van der Waals surface area contributed by atoms with Crippen molar-refractivity contribution in [3.05, 3.63) is 135 Å². The van der Waals surface area contributed by atoms with Crippen molar-refractivity contribution in [3.63, 3.8) is 0 Å². The minimum absolute atomic E-state index is 0.0793. The lowest BCUT2D eigenvalue weighted by Crippen LogP contribution is -2.26. The summed E-state index contributed by atoms with van der Waals surface area (Å²) >= 11 is 0. The molecule has 2 N–H and O–H groups in total. The van der Waals surface area contributed by atoms with Crippen LogP contribution in [0.4, 0.5) is 0 Å². The van der Waals surface area contributed by atoms with Gasteiger partial charge in [0.2, 0.25) is 0 Å². The van der Waals surface area contributed by atoms with E-state index in [4.69, 9.17) is 4.74 Å². The van der Waals surface area contributed by atoms with E-state index in [2.05, 4.69) is 94.8 Å². The van der Waals surface area contributed by atoms with Gasteiger partial charge in [0.1, 0.15) is 11.5 Å². The summed E-state index contributed by atoms with van der Waals surface area (Å²) in [4.78, 5) is 22.7. The normalized spacial score (nSPS) is 11.6. The van der Waals surface area contributed by atoms with Gasteiger partial charge in [0.25, 0.3) is 0 Å². The van der Waals surface area contributed by atoms with Crippen molar-refractivity contribution in [1.82, 2.24) is 0 Å². The molecule has 6 nitrogen and oxygen atoms in total. The van der Waals surface area contributed by atoms with E-state index in [0.29, 0.717) is 24.3 Å². The lowest BCUT2D eigenvalue weighted by atomic mass is 9.69. The molecule has 0 atom stereocenters. The SMILES string of the molecule is CCC(CC)(c1ccc(O)c(C)c1)c1ccc(/C=C/C(=O)OC)c(C)c1.CCC(CC)(c1ccc(O)c(C)c1)c1ccc(CCC(=O)OC)c(C)c1. The van der Waals surface area contributed by atoms with Gasteiger partial charge in [-0.05, 0) is 134 Å². The Morgan fingerprint density at radius 1 is 0.596 bits per heavy atom. The molecule has 0 unspecified atom stereocenters. The second-order valence-corrected chi connectivity index (χ2v) is 13.7. The Bertz CT molecular complexity index is 1860. The van der Waals surface area contributed by atoms with Gasteiger partial charge in [0.15, 0.2) is 0 Å². The number of hydrogen-bond acceptors (Lipinski definition) is 6. The number of ether oxygens (including phenoxy) is 2. The van der Waals surface area contributed by atoms with Crippen LogP contribution in [0.25, 0.3) is 6.08 Å². The standard InChI is InChI=1S/C23H30O3.C23H28O3/c2*1-6-23(7-2,20-11-12-21(24)17(4)15-20)19-10-8-18(16(3)14-19)9-13-22(25)26-5/h8,10-12,14-15,24H,6-7,9,13H2,1-5H3;8-15,24H,6-7H2,1-5H3/b;13-9+. The number of aromatic hydroxyl groups is 2. The first-order valence-electron chi connectivity index (χ1n) is 18.4. The molecule has 0 aliphatic heterocycles. The maximum absolute atomic E-state index is 11.4. The van der Waals surface area contributed by atoms with Gasteiger partial charge in [-0.15, -0.1) is 0 Å². The Morgan fingerprint density at radius 3 is 1.40 bits per heavy atom. The lowest BCUT2D eigenvalue weighted by Gasteiger charge is -2.34. The van der Waals surface area contributed by atoms with Crippen molar-refractivity contribution in [2.24, 2.45) is 0 Å². The number of phenols is 2. The molecular formula is C46H58O6. The maximum Gasteiger partial charge on any atom is 0.330 e. The molecule has 4 aromatic carbocycles. The summed E-state index contributed by atoms with van der Waals surface area (Å²) < 4.78 is 9.40. The van der Waals surface area contributed by atoms with Crippen LogP contribution in [0.2, 0.25) is 0 Å². The molecule has 4 aromatic rings. The van der Waals surface area contributed by atoms with Crippen molar-refractivity contribution in [2.45, 2.75) is 105 Å². The second kappa shape index (κ2) is 18.6. The number of hydrogen-bond donors (Lipinski definition) is 2. The fraction of sp³-hybridized carbons (Fsp3) is 0.391. The molecule has 4 rings (SSSR count). The predicted octanol–water partition coefficient (Wildman–Crippen LogP) is 10.5. The highest BCUT2D eigenvalue weighted by atomic mass is 16.5. The summed E-state index contributed by atoms with van der Waals surface area (Å²) in [5.41, 5.74) is 11.1. The van der Waals surface area contributed by atoms with Crippen LogP contribution >= 0.6 is 0 Å². The minimum atomic E-state index is -0.357. The Morgan fingerprint density at radius 2 is 1.02 bits per heavy atom. The van der Waals surface area contributed by atoms with E-state index in [1.165, 1.54) is 53.7 Å². The van der Waals surface area contributed by atoms with Crippen LogP contribution < -0.4 is 0 Å². The van der Waals surface area contributed by atoms with Crippen LogP contribution in [0.5, 0.6) is 11.5 Å². The Hall–Kier alpha value is -4.84. The number of phenolic OH excluding ortho intramolecular Hbond substituents is 2. The third-order valence-electron chi connectivity index (χ3n) is 11.1. The number of aryl methyl sites for hydroxylation is 5. The van der Waals surface area contributed by atoms with Gasteiger partial charge in [0.05, 0.1) is 14.2 Å². The molecule has 0 fully saturated rings. The molecule has 0 saturated carbocycles. The fourth-order valence-electron chi connectivity index (χ4n) is 7.37. The number of carbonyl (C=O) groups excluding carboxylic acids is 2. The van der Waals surface area contributed by atoms with Gasteiger partial charge in [-0.2, -0.15) is 0 Å². The van der Waals surface area contributed by atoms with Crippen LogP contribution in [0.1, 0.15) is 115 Å². The molecule has 6 heteroatoms. The van der Waals surface area contributed by atoms with Crippen LogP contribution in [0.15, 0.2) is 78.9 Å². The Kier molecular flexibility index (Phi) is 14.9. The smallest absolute Gasteiger partial charge is 0.330 e. The monoisotopic (exact) mass is 706 g/mol. The van der Waals surface area contributed by atoms with Crippen molar-refractivity contribution < 1.29 is 29.3 Å². The Labute approximate surface area is 311 Å². The fourth-order valence-corrected chi connectivity index (χ4v) is 7.37. The van der Waals surface area contributed by atoms with Crippen LogP contribution in [0.3, 0.4) is 0 Å². The van der Waals surface area contributed by atoms with Crippen molar-refractivity contribution >= 4 is 18.0 Å². The molecule has 0 heterocycles. The average molecular weight is 707 g/mol. The molecule has 0 aliphatic carbocycles. The van der Waals surface area contributed by atoms with Gasteiger partial charge in [-0.3, -0.25) is 4.79 Å². The van der Waals surface area contributed by atoms with Gasteiger partial charge in [-0.1, -0.05) is 88.4 Å². The number of carbonyl (C=O) groups is 2. The molecule has 0 spiro atoms. The lowest BCUT2D eigenvalue weighted by molar-refractivity contribution is -0.140. The largest absolute Gasteiger partial charge is 0.508 e. The predicted molar refractivity (Wildman–Crippen MR) is 212 cm³/mol. The molecule has 0 bridgehead atoms. The highest BCUT2D eigenvalue weighted by Gasteiger charge is 2.32. The van der Waals surface area contributed by atoms with E-state index in [1.54, 1.807) is 18.2 Å². The van der Waals surface area contributed by atoms with E-state index in [1.807, 2.05) is 26.0 Å². The zero-order valence-electron chi connectivity index (χ0n) is 32.9. The topological polar surface area (TPSA) is 93.1 Å². The minimum Gasteiger partial charge on any atom is -0.508 e. The summed E-state index contributed by atoms with van der Waals surface area (Å²) in [7, 11) is 2.80. The number of methoxy groups -OCH3 is 2. The zero-order chi connectivity index (χ0) is 38.6. The van der Waals surface area contributed by atoms with Gasteiger partial charge < -0.3 is 19.7 Å². The highest BCUT2D eigenvalue weighted by Crippen LogP contribution is 2.42. The third-order valence-corrected chi connectivity index (χ3v) is 11.1. The molecule has 0 amide bonds. The quantitative estimate of drug-likeness (QED) is 0.106. The van der Waals surface area contributed by atoms with Crippen molar-refractivity contribution in [1.29, 1.82) is 0 Å². The summed E-state index contributed by atoms with van der Waals surface area (Å²) in [5, 5.41) is 19.8. The van der Waals surface area contributed by atoms with Crippen LogP contribution in [0, 0.1) is 27.7 Å². The Balaban J connectivity index is 0.000000280. The molecule has 0 radical (unpaired) electrons. The molecule has 0 aromatic heterocycles. The van der Waals surface area contributed by atoms with Crippen molar-refractivity contribution in [2.75, 3.05) is 14.2 Å². The van der Waals surface area contributed by atoms with Crippen LogP contribution in [-0.4, -0.2) is 36.4 Å². The molecular weight excluding hydrogens is 649 g/mol. The highest BCUT2D eigenvalue weighted by molar-refractivity contribution is 5.87. The first-order chi connectivity index (χ1) is 24.7. The van der Waals surface area contributed by atoms with Gasteiger partial charge in [0, 0.05) is 23.3 Å². The summed E-state index contributed by atoms with van der Waals surface area (Å²) in [6.45, 7) is 16.9. The van der Waals surface area contributed by atoms with E-state index in [0.717, 1.165) is 47.9 Å². The van der Waals surface area contributed by atoms with E-state index < -0.39 is 0 Å². The summed E-state index contributed by atoms with van der Waals surface area (Å²) in [6, 6.07) is 24.8. The first-order valence-corrected chi connectivity index (χ1v) is 18.4. The molecule has 52 heavy (non-hydrogen) atoms. The first kappa shape index (κ1) is 41.6. The number of benzene rings is 4. The molecule has 0 aliphatic rings. The second-order valence-electron chi connectivity index (χ2n) is 13.7. The average Bonchev–Trinajstić information content (AvgIpc) is 3.15. The molecule has 278 valence electrons.